The summed E-state index contributed by atoms with van der Waals surface area (Å²) in [7, 11) is -4.80. The van der Waals surface area contributed by atoms with Crippen molar-refractivity contribution in [3.8, 4) is 0 Å². The summed E-state index contributed by atoms with van der Waals surface area (Å²) in [6.07, 6.45) is 0. The van der Waals surface area contributed by atoms with Gasteiger partial charge in [-0.15, -0.1) is 0 Å². The van der Waals surface area contributed by atoms with Crippen LogP contribution >= 0.6 is 0 Å². The van der Waals surface area contributed by atoms with Gasteiger partial charge in [0, 0.05) is 0 Å². The van der Waals surface area contributed by atoms with Gasteiger partial charge in [0.05, 0.1) is 0 Å². The van der Waals surface area contributed by atoms with Crippen LogP contribution in [-0.2, 0) is 4.63 Å². The molecule has 8 heteroatoms. The Morgan fingerprint density at radius 2 is 1.38 bits per heavy atom. The molecule has 0 aliphatic heterocycles. The number of rotatable bonds is 1. The predicted molar refractivity (Wildman–Crippen MR) is 28.9 cm³/mol. The summed E-state index contributed by atoms with van der Waals surface area (Å²) in [5.74, 6) is 0. The summed E-state index contributed by atoms with van der Waals surface area (Å²) in [6.45, 7) is 0. The third-order valence-electron chi connectivity index (χ3n) is 0.104. The van der Waals surface area contributed by atoms with E-state index in [0.29, 0.717) is 0 Å². The molecule has 0 amide bonds. The van der Waals surface area contributed by atoms with Crippen molar-refractivity contribution >= 4 is 57.5 Å². The second-order valence-electron chi connectivity index (χ2n) is 0.651. The Hall–Kier alpha value is 1.58. The molecule has 42 valence electrons. The van der Waals surface area contributed by atoms with E-state index in [1.165, 1.54) is 0 Å². The minimum atomic E-state index is -4.80. The van der Waals surface area contributed by atoms with Crippen LogP contribution < -0.4 is 0 Å². The van der Waals surface area contributed by atoms with E-state index >= 15 is 0 Å². The average molecular weight is 146 g/mol. The molecule has 0 aliphatic carbocycles. The van der Waals surface area contributed by atoms with Crippen molar-refractivity contribution in [1.82, 2.24) is 0 Å². The molecule has 8 heavy (non-hydrogen) atoms. The molecule has 0 unspecified atom stereocenters. The van der Waals surface area contributed by atoms with Crippen molar-refractivity contribution in [2.24, 2.45) is 0 Å². The monoisotopic (exact) mass is 146 g/mol. The van der Waals surface area contributed by atoms with E-state index in [1.54, 1.807) is 0 Å². The van der Waals surface area contributed by atoms with Crippen molar-refractivity contribution in [3.05, 3.63) is 0 Å². The third-order valence-corrected chi connectivity index (χ3v) is 0.311. The van der Waals surface area contributed by atoms with Crippen molar-refractivity contribution in [1.29, 1.82) is 0 Å². The van der Waals surface area contributed by atoms with Crippen molar-refractivity contribution in [2.75, 3.05) is 0 Å². The van der Waals surface area contributed by atoms with Crippen molar-refractivity contribution < 1.29 is 23.5 Å². The van der Waals surface area contributed by atoms with Gasteiger partial charge in [-0.3, -0.25) is 0 Å². The molecule has 0 aromatic carbocycles. The average Bonchev–Trinajstić information content (AvgIpc) is 1.35. The van der Waals surface area contributed by atoms with E-state index in [1.807, 2.05) is 0 Å². The first kappa shape index (κ1) is 16.3. The van der Waals surface area contributed by atoms with Crippen LogP contribution in [0.1, 0.15) is 0 Å². The van der Waals surface area contributed by atoms with Gasteiger partial charge in [-0.05, 0) is 0 Å². The molecule has 0 bridgehead atoms. The number of halogens is 1. The molecule has 0 atom stereocenters. The topological polar surface area (TPSA) is 69.9 Å². The molecule has 0 fully saturated rings. The maximum atomic E-state index is 10.3. The van der Waals surface area contributed by atoms with Crippen LogP contribution in [0.4, 0.5) is 4.53 Å². The Balaban J connectivity index is -0.000000125. The quantitative estimate of drug-likeness (QED) is 0.345. The molecule has 4 nitrogen and oxygen atoms in total. The van der Waals surface area contributed by atoms with Crippen LogP contribution in [0.15, 0.2) is 0 Å². The number of hydrogen-bond donors (Lipinski definition) is 3. The fourth-order valence-corrected chi connectivity index (χ4v) is 0. The van der Waals surface area contributed by atoms with E-state index < -0.39 is 9.05 Å². The van der Waals surface area contributed by atoms with Crippen molar-refractivity contribution in [3.63, 3.8) is 0 Å². The van der Waals surface area contributed by atoms with E-state index in [0.717, 1.165) is 0 Å². The van der Waals surface area contributed by atoms with Crippen LogP contribution in [0, 0.1) is 0 Å². The maximum absolute atomic E-state index is 10.3. The molecule has 0 rings (SSSR count). The molecule has 0 aliphatic rings. The summed E-state index contributed by atoms with van der Waals surface area (Å²) in [4.78, 5) is 22.4. The fraction of sp³-hybridized carbons (Fsp3) is 0. The molecular formula is H5FLiNaO4Si. The zero-order chi connectivity index (χ0) is 5.21. The SMILES string of the molecule is O[Si](O)(O)OF.[LiH].[NaH]. The summed E-state index contributed by atoms with van der Waals surface area (Å²) in [5.41, 5.74) is 0. The van der Waals surface area contributed by atoms with Gasteiger partial charge in [0.1, 0.15) is 0 Å². The molecular weight excluding hydrogens is 141 g/mol. The van der Waals surface area contributed by atoms with Gasteiger partial charge in [0.2, 0.25) is 0 Å². The Kier molecular flexibility index (Phi) is 13.6. The van der Waals surface area contributed by atoms with E-state index in [-0.39, 0.29) is 48.4 Å². The molecule has 3 N–H and O–H groups in total. The van der Waals surface area contributed by atoms with E-state index in [9.17, 15) is 4.53 Å². The van der Waals surface area contributed by atoms with Gasteiger partial charge in [-0.25, -0.2) is 0 Å². The first-order valence-electron chi connectivity index (χ1n) is 1.03. The van der Waals surface area contributed by atoms with Gasteiger partial charge in [-0.2, -0.15) is 4.63 Å². The summed E-state index contributed by atoms with van der Waals surface area (Å²) in [6, 6.07) is 0. The molecule has 0 heterocycles. The van der Waals surface area contributed by atoms with Crippen LogP contribution in [0.25, 0.3) is 0 Å². The Morgan fingerprint density at radius 1 is 1.25 bits per heavy atom. The standard InChI is InChI=1S/FH3O4Si.Li.Na.2H/c1-5-6(2,3)4;;;;/h2-4H;;;;. The normalized spacial score (nSPS) is 9.00. The minimum absolute atomic E-state index is 0. The van der Waals surface area contributed by atoms with E-state index in [2.05, 4.69) is 4.63 Å². The predicted octanol–water partition coefficient (Wildman–Crippen LogP) is -3.00. The number of hydrogen-bond acceptors (Lipinski definition) is 4. The van der Waals surface area contributed by atoms with Crippen molar-refractivity contribution in [2.45, 2.75) is 0 Å². The van der Waals surface area contributed by atoms with Gasteiger partial charge in [-0.1, -0.05) is 4.53 Å². The van der Waals surface area contributed by atoms with Gasteiger partial charge >= 0.3 is 57.5 Å². The van der Waals surface area contributed by atoms with Crippen LogP contribution in [0.3, 0.4) is 0 Å². The second-order valence-corrected chi connectivity index (χ2v) is 1.95. The summed E-state index contributed by atoms with van der Waals surface area (Å²) >= 11 is 0. The van der Waals surface area contributed by atoms with Crippen LogP contribution in [0.2, 0.25) is 0 Å². The third kappa shape index (κ3) is 15.6. The van der Waals surface area contributed by atoms with Crippen LogP contribution in [0.5, 0.6) is 0 Å². The zero-order valence-electron chi connectivity index (χ0n) is 2.63. The second kappa shape index (κ2) is 6.70. The first-order chi connectivity index (χ1) is 2.56. The first-order valence-corrected chi connectivity index (χ1v) is 2.78. The molecule has 0 saturated carbocycles. The molecule has 0 radical (unpaired) electrons. The Bertz CT molecular complexity index is 45.8. The molecule has 0 aromatic rings. The Morgan fingerprint density at radius 3 is 1.38 bits per heavy atom. The molecule has 0 aromatic heterocycles. The van der Waals surface area contributed by atoms with Gasteiger partial charge in [0.25, 0.3) is 0 Å². The summed E-state index contributed by atoms with van der Waals surface area (Å²) in [5, 5.41) is 0. The summed E-state index contributed by atoms with van der Waals surface area (Å²) < 4.78 is 12.6. The fourth-order valence-electron chi connectivity index (χ4n) is 0. The van der Waals surface area contributed by atoms with Gasteiger partial charge in [0.15, 0.2) is 0 Å². The molecule has 0 saturated heterocycles. The Labute approximate surface area is 80.5 Å². The molecule has 0 spiro atoms. The van der Waals surface area contributed by atoms with Gasteiger partial charge < -0.3 is 14.4 Å². The van der Waals surface area contributed by atoms with Crippen LogP contribution in [-0.4, -0.2) is 71.9 Å². The van der Waals surface area contributed by atoms with E-state index in [4.69, 9.17) is 14.4 Å². The zero-order valence-corrected chi connectivity index (χ0v) is 3.63.